The number of para-hydroxylation sites is 1. The summed E-state index contributed by atoms with van der Waals surface area (Å²) in [5, 5.41) is 15.3. The van der Waals surface area contributed by atoms with E-state index in [9.17, 15) is 14.7 Å². The molecule has 0 bridgehead atoms. The molecular formula is C27H27ClN4O3. The van der Waals surface area contributed by atoms with Crippen molar-refractivity contribution in [1.29, 1.82) is 0 Å². The molecule has 1 aliphatic heterocycles. The van der Waals surface area contributed by atoms with Gasteiger partial charge < -0.3 is 19.6 Å². The molecule has 7 nitrogen and oxygen atoms in total. The topological polar surface area (TPSA) is 90.4 Å². The summed E-state index contributed by atoms with van der Waals surface area (Å²) < 4.78 is 1.92. The summed E-state index contributed by atoms with van der Waals surface area (Å²) in [7, 11) is 0. The van der Waals surface area contributed by atoms with Crippen molar-refractivity contribution in [3.05, 3.63) is 71.0 Å². The first-order valence-electron chi connectivity index (χ1n) is 11.8. The van der Waals surface area contributed by atoms with Crippen molar-refractivity contribution in [2.75, 3.05) is 19.6 Å². The van der Waals surface area contributed by atoms with Crippen molar-refractivity contribution in [3.63, 3.8) is 0 Å². The van der Waals surface area contributed by atoms with Crippen LogP contribution in [0.4, 0.5) is 0 Å². The Morgan fingerprint density at radius 1 is 1.00 bits per heavy atom. The number of benzene rings is 2. The molecule has 3 heterocycles. The summed E-state index contributed by atoms with van der Waals surface area (Å²) in [5.74, 6) is -0.901. The Kier molecular flexibility index (Phi) is 6.23. The van der Waals surface area contributed by atoms with E-state index in [2.05, 4.69) is 29.0 Å². The van der Waals surface area contributed by atoms with Gasteiger partial charge in [-0.2, -0.15) is 0 Å². The van der Waals surface area contributed by atoms with Crippen molar-refractivity contribution in [2.45, 2.75) is 26.5 Å². The lowest BCUT2D eigenvalue weighted by Crippen LogP contribution is -2.34. The first-order valence-corrected chi connectivity index (χ1v) is 12.1. The molecule has 3 N–H and O–H groups in total. The third kappa shape index (κ3) is 4.05. The van der Waals surface area contributed by atoms with Gasteiger partial charge in [-0.15, -0.1) is 0 Å². The number of aromatic nitrogens is 2. The first kappa shape index (κ1) is 23.4. The van der Waals surface area contributed by atoms with Gasteiger partial charge in [0.25, 0.3) is 11.8 Å². The molecule has 0 spiro atoms. The number of aromatic amines is 1. The maximum Gasteiger partial charge on any atom is 0.259 e. The van der Waals surface area contributed by atoms with Crippen LogP contribution in [0.1, 0.15) is 25.0 Å². The van der Waals surface area contributed by atoms with Crippen LogP contribution in [0.15, 0.2) is 54.9 Å². The molecule has 0 aliphatic carbocycles. The molecule has 0 radical (unpaired) electrons. The van der Waals surface area contributed by atoms with Crippen molar-refractivity contribution in [3.8, 4) is 0 Å². The number of carbonyl (C=O) groups excluding carboxylic acids is 2. The number of nitrogens with one attached hydrogen (secondary N) is 2. The lowest BCUT2D eigenvalue weighted by molar-refractivity contribution is -0.122. The second-order valence-corrected chi connectivity index (χ2v) is 9.16. The van der Waals surface area contributed by atoms with Gasteiger partial charge in [-0.25, -0.2) is 0 Å². The highest BCUT2D eigenvalue weighted by molar-refractivity contribution is 6.51. The molecule has 2 aromatic heterocycles. The molecule has 35 heavy (non-hydrogen) atoms. The highest BCUT2D eigenvalue weighted by Gasteiger charge is 2.35. The van der Waals surface area contributed by atoms with Crippen molar-refractivity contribution in [1.82, 2.24) is 19.8 Å². The first-order chi connectivity index (χ1) is 16.9. The SMILES string of the molecule is CCN(CC)CC(O)Cn1cc(C2=C(c3c[nH]c4ccccc34)C(=O)NC2=O)c2c(Cl)cccc21. The maximum atomic E-state index is 13.1. The zero-order valence-corrected chi connectivity index (χ0v) is 20.4. The van der Waals surface area contributed by atoms with Crippen LogP contribution < -0.4 is 5.32 Å². The number of imide groups is 1. The number of nitrogens with zero attached hydrogens (tertiary/aromatic N) is 2. The van der Waals surface area contributed by atoms with E-state index in [1.54, 1.807) is 12.3 Å². The highest BCUT2D eigenvalue weighted by Crippen LogP contribution is 2.40. The van der Waals surface area contributed by atoms with Gasteiger partial charge in [0, 0.05) is 52.9 Å². The number of likely N-dealkylation sites (N-methyl/N-ethyl adjacent to an activating group) is 1. The number of fused-ring (bicyclic) bond motifs is 2. The number of rotatable bonds is 8. The Morgan fingerprint density at radius 2 is 1.71 bits per heavy atom. The monoisotopic (exact) mass is 490 g/mol. The van der Waals surface area contributed by atoms with E-state index in [0.29, 0.717) is 40.2 Å². The van der Waals surface area contributed by atoms with E-state index < -0.39 is 17.9 Å². The van der Waals surface area contributed by atoms with Gasteiger partial charge in [-0.1, -0.05) is 49.7 Å². The molecule has 1 unspecified atom stereocenters. The van der Waals surface area contributed by atoms with Gasteiger partial charge in [0.1, 0.15) is 0 Å². The summed E-state index contributed by atoms with van der Waals surface area (Å²) in [5.41, 5.74) is 3.51. The van der Waals surface area contributed by atoms with Gasteiger partial charge in [0.05, 0.1) is 27.8 Å². The molecule has 180 valence electrons. The van der Waals surface area contributed by atoms with Gasteiger partial charge in [0.2, 0.25) is 0 Å². The number of halogens is 1. The van der Waals surface area contributed by atoms with Crippen LogP contribution in [0.2, 0.25) is 5.02 Å². The second kappa shape index (κ2) is 9.34. The Bertz CT molecular complexity index is 1480. The summed E-state index contributed by atoms with van der Waals surface area (Å²) >= 11 is 6.64. The third-order valence-electron chi connectivity index (χ3n) is 6.69. The summed E-state index contributed by atoms with van der Waals surface area (Å²) in [6.07, 6.45) is 2.97. The minimum atomic E-state index is -0.613. The average Bonchev–Trinajstić information content (AvgIpc) is 3.51. The van der Waals surface area contributed by atoms with Gasteiger partial charge in [-0.05, 0) is 31.3 Å². The van der Waals surface area contributed by atoms with Crippen LogP contribution >= 0.6 is 11.6 Å². The molecule has 2 amide bonds. The fraction of sp³-hybridized carbons (Fsp3) is 0.259. The van der Waals surface area contributed by atoms with Gasteiger partial charge >= 0.3 is 0 Å². The fourth-order valence-corrected chi connectivity index (χ4v) is 5.23. The minimum absolute atomic E-state index is 0.287. The Labute approximate surface area is 208 Å². The number of carbonyl (C=O) groups is 2. The van der Waals surface area contributed by atoms with Crippen molar-refractivity contribution < 1.29 is 14.7 Å². The summed E-state index contributed by atoms with van der Waals surface area (Å²) in [4.78, 5) is 31.5. The zero-order chi connectivity index (χ0) is 24.7. The van der Waals surface area contributed by atoms with Crippen LogP contribution in [0.25, 0.3) is 33.0 Å². The van der Waals surface area contributed by atoms with E-state index in [1.165, 1.54) is 0 Å². The van der Waals surface area contributed by atoms with Crippen molar-refractivity contribution in [2.24, 2.45) is 0 Å². The largest absolute Gasteiger partial charge is 0.390 e. The van der Waals surface area contributed by atoms with Crippen LogP contribution in [-0.2, 0) is 16.1 Å². The third-order valence-corrected chi connectivity index (χ3v) is 7.00. The highest BCUT2D eigenvalue weighted by atomic mass is 35.5. The standard InChI is InChI=1S/C27H27ClN4O3/c1-3-31(4-2)13-16(33)14-32-15-19(23-20(28)9-7-11-22(23)32)25-24(26(34)30-27(25)35)18-12-29-21-10-6-5-8-17(18)21/h5-12,15-16,29,33H,3-4,13-14H2,1-2H3,(H,30,34,35). The number of aliphatic hydroxyl groups is 1. The Hall–Kier alpha value is -3.39. The molecule has 4 aromatic rings. The van der Waals surface area contributed by atoms with E-state index in [1.807, 2.05) is 47.2 Å². The van der Waals surface area contributed by atoms with Gasteiger partial charge in [0.15, 0.2) is 0 Å². The second-order valence-electron chi connectivity index (χ2n) is 8.75. The molecule has 1 atom stereocenters. The number of H-pyrrole nitrogens is 1. The normalized spacial score (nSPS) is 15.1. The number of aliphatic hydroxyl groups excluding tert-OH is 1. The maximum absolute atomic E-state index is 13.1. The Balaban J connectivity index is 1.68. The van der Waals surface area contributed by atoms with Gasteiger partial charge in [-0.3, -0.25) is 14.9 Å². The molecule has 5 rings (SSSR count). The predicted molar refractivity (Wildman–Crippen MR) is 139 cm³/mol. The van der Waals surface area contributed by atoms with E-state index in [0.717, 1.165) is 29.5 Å². The van der Waals surface area contributed by atoms with E-state index in [4.69, 9.17) is 11.6 Å². The Morgan fingerprint density at radius 3 is 2.46 bits per heavy atom. The zero-order valence-electron chi connectivity index (χ0n) is 19.6. The quantitative estimate of drug-likeness (QED) is 0.325. The molecule has 0 fully saturated rings. The predicted octanol–water partition coefficient (Wildman–Crippen LogP) is 4.05. The lowest BCUT2D eigenvalue weighted by atomic mass is 9.95. The molecule has 1 aliphatic rings. The van der Waals surface area contributed by atoms with Crippen LogP contribution in [-0.4, -0.2) is 57.1 Å². The smallest absolute Gasteiger partial charge is 0.259 e. The lowest BCUT2D eigenvalue weighted by Gasteiger charge is -2.22. The summed E-state index contributed by atoms with van der Waals surface area (Å²) in [6.45, 7) is 6.69. The number of hydrogen-bond donors (Lipinski definition) is 3. The molecule has 0 saturated heterocycles. The molecular weight excluding hydrogens is 464 g/mol. The molecule has 8 heteroatoms. The molecule has 2 aromatic carbocycles. The van der Waals surface area contributed by atoms with Crippen LogP contribution in [0.5, 0.6) is 0 Å². The van der Waals surface area contributed by atoms with Crippen LogP contribution in [0, 0.1) is 0 Å². The van der Waals surface area contributed by atoms with E-state index >= 15 is 0 Å². The van der Waals surface area contributed by atoms with Crippen LogP contribution in [0.3, 0.4) is 0 Å². The minimum Gasteiger partial charge on any atom is -0.390 e. The summed E-state index contributed by atoms with van der Waals surface area (Å²) in [6, 6.07) is 13.2. The van der Waals surface area contributed by atoms with Crippen molar-refractivity contribution >= 4 is 56.4 Å². The average molecular weight is 491 g/mol. The number of amides is 2. The number of hydrogen-bond acceptors (Lipinski definition) is 4. The fourth-order valence-electron chi connectivity index (χ4n) is 4.96. The molecule has 0 saturated carbocycles. The van der Waals surface area contributed by atoms with E-state index in [-0.39, 0.29) is 5.57 Å².